The van der Waals surface area contributed by atoms with Gasteiger partial charge in [-0.25, -0.2) is 4.98 Å². The van der Waals surface area contributed by atoms with Crippen molar-refractivity contribution in [2.75, 3.05) is 0 Å². The first kappa shape index (κ1) is 14.7. The number of aromatic nitrogens is 4. The molecule has 0 aliphatic carbocycles. The van der Waals surface area contributed by atoms with Crippen molar-refractivity contribution >= 4 is 16.9 Å². The van der Waals surface area contributed by atoms with Gasteiger partial charge in [-0.15, -0.1) is 0 Å². The van der Waals surface area contributed by atoms with Crippen molar-refractivity contribution in [2.24, 2.45) is 7.05 Å². The molecule has 3 heterocycles. The van der Waals surface area contributed by atoms with Crippen molar-refractivity contribution in [3.63, 3.8) is 0 Å². The lowest BCUT2D eigenvalue weighted by molar-refractivity contribution is -0.138. The molecule has 0 unspecified atom stereocenters. The molecular weight excluding hydrogens is 282 g/mol. The average molecular weight is 303 g/mol. The van der Waals surface area contributed by atoms with Gasteiger partial charge in [-0.2, -0.15) is 5.10 Å². The molecule has 0 radical (unpaired) electrons. The number of carbonyl (C=O) groups is 1. The largest absolute Gasteiger partial charge is 0.336 e. The lowest BCUT2D eigenvalue weighted by atomic mass is 9.97. The Labute approximate surface area is 128 Å². The van der Waals surface area contributed by atoms with E-state index >= 15 is 0 Å². The Morgan fingerprint density at radius 3 is 2.68 bits per heavy atom. The van der Waals surface area contributed by atoms with Crippen molar-refractivity contribution in [1.29, 1.82) is 0 Å². The van der Waals surface area contributed by atoms with E-state index in [4.69, 9.17) is 0 Å². The summed E-state index contributed by atoms with van der Waals surface area (Å²) in [6, 6.07) is 0.448. The zero-order valence-electron chi connectivity index (χ0n) is 13.2. The second-order valence-electron chi connectivity index (χ2n) is 6.11. The summed E-state index contributed by atoms with van der Waals surface area (Å²) in [5.74, 6) is -0.0214. The van der Waals surface area contributed by atoms with Crippen LogP contribution in [0.1, 0.15) is 33.1 Å². The Kier molecular flexibility index (Phi) is 3.72. The minimum atomic E-state index is -0.219. The zero-order chi connectivity index (χ0) is 15.9. The molecular formula is C15H21N5O2. The number of piperidine rings is 1. The summed E-state index contributed by atoms with van der Waals surface area (Å²) in [7, 11) is 1.74. The van der Waals surface area contributed by atoms with Crippen molar-refractivity contribution in [3.8, 4) is 0 Å². The molecule has 1 aliphatic rings. The smallest absolute Gasteiger partial charge is 0.264 e. The maximum Gasteiger partial charge on any atom is 0.264 e. The summed E-state index contributed by atoms with van der Waals surface area (Å²) in [4.78, 5) is 31.2. The van der Waals surface area contributed by atoms with Gasteiger partial charge < -0.3 is 4.90 Å². The Balaban J connectivity index is 1.88. The molecule has 7 nitrogen and oxygen atoms in total. The van der Waals surface area contributed by atoms with Gasteiger partial charge in [0.05, 0.1) is 6.20 Å². The highest BCUT2D eigenvalue weighted by molar-refractivity contribution is 5.78. The number of carbonyl (C=O) groups excluding carboxylic acids is 1. The molecule has 0 aromatic carbocycles. The molecule has 2 aromatic rings. The van der Waals surface area contributed by atoms with E-state index in [0.717, 1.165) is 19.3 Å². The maximum atomic E-state index is 12.6. The molecule has 1 aliphatic heterocycles. The molecule has 118 valence electrons. The van der Waals surface area contributed by atoms with E-state index in [1.165, 1.54) is 17.1 Å². The number of hydrogen-bond acceptors (Lipinski definition) is 4. The predicted molar refractivity (Wildman–Crippen MR) is 82.4 cm³/mol. The van der Waals surface area contributed by atoms with Gasteiger partial charge in [0, 0.05) is 19.1 Å². The molecule has 3 rings (SSSR count). The predicted octanol–water partition coefficient (Wildman–Crippen LogP) is 0.919. The Morgan fingerprint density at radius 2 is 2.00 bits per heavy atom. The number of amides is 1. The van der Waals surface area contributed by atoms with Crippen molar-refractivity contribution in [1.82, 2.24) is 24.2 Å². The Hall–Kier alpha value is -2.18. The van der Waals surface area contributed by atoms with Crippen LogP contribution in [-0.4, -0.2) is 42.2 Å². The minimum absolute atomic E-state index is 0.0214. The highest BCUT2D eigenvalue weighted by Gasteiger charge is 2.29. The minimum Gasteiger partial charge on any atom is -0.336 e. The lowest BCUT2D eigenvalue weighted by Gasteiger charge is -2.39. The monoisotopic (exact) mass is 303 g/mol. The van der Waals surface area contributed by atoms with Crippen molar-refractivity contribution in [3.05, 3.63) is 22.9 Å². The molecule has 22 heavy (non-hydrogen) atoms. The van der Waals surface area contributed by atoms with Crippen LogP contribution in [-0.2, 0) is 18.4 Å². The van der Waals surface area contributed by atoms with E-state index in [2.05, 4.69) is 23.9 Å². The summed E-state index contributed by atoms with van der Waals surface area (Å²) >= 11 is 0. The van der Waals surface area contributed by atoms with Crippen LogP contribution in [0.5, 0.6) is 0 Å². The fourth-order valence-electron chi connectivity index (χ4n) is 3.32. The number of fused-ring (bicyclic) bond motifs is 1. The fourth-order valence-corrected chi connectivity index (χ4v) is 3.32. The fraction of sp³-hybridized carbons (Fsp3) is 0.600. The Bertz CT molecular complexity index is 753. The molecule has 2 atom stereocenters. The highest BCUT2D eigenvalue weighted by atomic mass is 16.2. The number of aryl methyl sites for hydroxylation is 1. The molecule has 0 bridgehead atoms. The first-order chi connectivity index (χ1) is 10.5. The molecule has 0 N–H and O–H groups in total. The van der Waals surface area contributed by atoms with Gasteiger partial charge in [0.1, 0.15) is 18.3 Å². The summed E-state index contributed by atoms with van der Waals surface area (Å²) in [6.07, 6.45) is 6.12. The highest BCUT2D eigenvalue weighted by Crippen LogP contribution is 2.22. The SMILES string of the molecule is C[C@H]1CCC[C@H](C)N1C(=O)Cn1cnc2c(cnn2C)c1=O. The molecule has 0 spiro atoms. The molecule has 7 heteroatoms. The molecule has 0 saturated carbocycles. The topological polar surface area (TPSA) is 73.0 Å². The maximum absolute atomic E-state index is 12.6. The van der Waals surface area contributed by atoms with Gasteiger partial charge in [-0.05, 0) is 33.1 Å². The van der Waals surface area contributed by atoms with E-state index < -0.39 is 0 Å². The van der Waals surface area contributed by atoms with E-state index in [0.29, 0.717) is 11.0 Å². The number of nitrogens with zero attached hydrogens (tertiary/aromatic N) is 5. The normalized spacial score (nSPS) is 22.2. The second-order valence-corrected chi connectivity index (χ2v) is 6.11. The molecule has 2 aromatic heterocycles. The van der Waals surface area contributed by atoms with Gasteiger partial charge in [-0.3, -0.25) is 18.8 Å². The first-order valence-corrected chi connectivity index (χ1v) is 7.67. The third kappa shape index (κ3) is 2.40. The Morgan fingerprint density at radius 1 is 1.32 bits per heavy atom. The van der Waals surface area contributed by atoms with Crippen LogP contribution in [0.4, 0.5) is 0 Å². The second kappa shape index (κ2) is 5.55. The van der Waals surface area contributed by atoms with E-state index in [1.54, 1.807) is 11.7 Å². The van der Waals surface area contributed by atoms with E-state index in [1.807, 2.05) is 4.90 Å². The van der Waals surface area contributed by atoms with Crippen molar-refractivity contribution < 1.29 is 4.79 Å². The lowest BCUT2D eigenvalue weighted by Crippen LogP contribution is -2.49. The number of likely N-dealkylation sites (tertiary alicyclic amines) is 1. The quantitative estimate of drug-likeness (QED) is 0.827. The van der Waals surface area contributed by atoms with Gasteiger partial charge in [0.25, 0.3) is 5.56 Å². The number of hydrogen-bond donors (Lipinski definition) is 0. The van der Waals surface area contributed by atoms with Crippen LogP contribution in [0.15, 0.2) is 17.3 Å². The van der Waals surface area contributed by atoms with Crippen LogP contribution in [0.3, 0.4) is 0 Å². The summed E-state index contributed by atoms with van der Waals surface area (Å²) in [5.41, 5.74) is 0.317. The van der Waals surface area contributed by atoms with E-state index in [-0.39, 0.29) is 30.1 Å². The molecule has 1 fully saturated rings. The summed E-state index contributed by atoms with van der Waals surface area (Å²) < 4.78 is 2.93. The van der Waals surface area contributed by atoms with Crippen molar-refractivity contribution in [2.45, 2.75) is 51.7 Å². The summed E-state index contributed by atoms with van der Waals surface area (Å²) in [6.45, 7) is 4.17. The average Bonchev–Trinajstić information content (AvgIpc) is 2.84. The van der Waals surface area contributed by atoms with Crippen LogP contribution >= 0.6 is 0 Å². The van der Waals surface area contributed by atoms with Crippen LogP contribution < -0.4 is 5.56 Å². The van der Waals surface area contributed by atoms with Gasteiger partial charge in [0.15, 0.2) is 5.65 Å². The summed E-state index contributed by atoms with van der Waals surface area (Å²) in [5, 5.41) is 4.48. The van der Waals surface area contributed by atoms with Crippen LogP contribution in [0.2, 0.25) is 0 Å². The van der Waals surface area contributed by atoms with Gasteiger partial charge in [0.2, 0.25) is 5.91 Å². The molecule has 1 amide bonds. The first-order valence-electron chi connectivity index (χ1n) is 7.67. The third-order valence-corrected chi connectivity index (χ3v) is 4.51. The van der Waals surface area contributed by atoms with Gasteiger partial charge >= 0.3 is 0 Å². The third-order valence-electron chi connectivity index (χ3n) is 4.51. The molecule has 1 saturated heterocycles. The van der Waals surface area contributed by atoms with Crippen LogP contribution in [0.25, 0.3) is 11.0 Å². The van der Waals surface area contributed by atoms with E-state index in [9.17, 15) is 9.59 Å². The number of rotatable bonds is 2. The zero-order valence-corrected chi connectivity index (χ0v) is 13.2. The standard InChI is InChI=1S/C15H21N5O2/c1-10-5-4-6-11(2)20(10)13(21)8-19-9-16-14-12(15(19)22)7-17-18(14)3/h7,9-11H,4-6,8H2,1-3H3/t10-,11-/m0/s1. The van der Waals surface area contributed by atoms with Gasteiger partial charge in [-0.1, -0.05) is 0 Å². The van der Waals surface area contributed by atoms with Crippen LogP contribution in [0, 0.1) is 0 Å².